The smallest absolute Gasteiger partial charge is 0.116 e. The van der Waals surface area contributed by atoms with Crippen LogP contribution in [-0.4, -0.2) is 5.11 Å². The quantitative estimate of drug-likeness (QED) is 0.621. The van der Waals surface area contributed by atoms with Gasteiger partial charge in [-0.1, -0.05) is 0 Å². The molecule has 1 aromatic carbocycles. The zero-order valence-corrected chi connectivity index (χ0v) is 7.43. The number of aromatic hydroxyl groups is 1. The molecule has 0 radical (unpaired) electrons. The van der Waals surface area contributed by atoms with Gasteiger partial charge in [0.05, 0.1) is 0 Å². The van der Waals surface area contributed by atoms with E-state index in [9.17, 15) is 5.11 Å². The highest BCUT2D eigenvalue weighted by atomic mass is 16.3. The molecule has 12 heavy (non-hydrogen) atoms. The van der Waals surface area contributed by atoms with Crippen molar-refractivity contribution < 1.29 is 5.11 Å². The van der Waals surface area contributed by atoms with Crippen LogP contribution in [0.4, 0.5) is 0 Å². The van der Waals surface area contributed by atoms with Crippen molar-refractivity contribution in [3.8, 4) is 5.75 Å². The van der Waals surface area contributed by atoms with Gasteiger partial charge in [0, 0.05) is 0 Å². The summed E-state index contributed by atoms with van der Waals surface area (Å²) in [6, 6.07) is 3.78. The molecule has 1 nitrogen and oxygen atoms in total. The van der Waals surface area contributed by atoms with Crippen LogP contribution in [0, 0.1) is 6.92 Å². The summed E-state index contributed by atoms with van der Waals surface area (Å²) in [4.78, 5) is 0. The number of fused-ring (bicyclic) bond motifs is 1. The van der Waals surface area contributed by atoms with E-state index in [0.717, 1.165) is 6.42 Å². The molecule has 0 heterocycles. The summed E-state index contributed by atoms with van der Waals surface area (Å²) in [5, 5.41) is 9.37. The molecule has 0 aliphatic heterocycles. The van der Waals surface area contributed by atoms with E-state index in [4.69, 9.17) is 0 Å². The van der Waals surface area contributed by atoms with Crippen molar-refractivity contribution in [1.82, 2.24) is 0 Å². The molecule has 0 fully saturated rings. The SMILES string of the molecule is Cc1cc(O)cc2c1CCCC2. The van der Waals surface area contributed by atoms with Crippen LogP contribution in [0.1, 0.15) is 29.5 Å². The molecule has 0 spiro atoms. The van der Waals surface area contributed by atoms with Gasteiger partial charge >= 0.3 is 0 Å². The maximum atomic E-state index is 9.37. The lowest BCUT2D eigenvalue weighted by atomic mass is 9.88. The van der Waals surface area contributed by atoms with Crippen molar-refractivity contribution >= 4 is 0 Å². The average Bonchev–Trinajstić information content (AvgIpc) is 2.04. The van der Waals surface area contributed by atoms with Crippen molar-refractivity contribution in [2.75, 3.05) is 0 Å². The van der Waals surface area contributed by atoms with Gasteiger partial charge in [0.25, 0.3) is 0 Å². The van der Waals surface area contributed by atoms with E-state index in [1.165, 1.54) is 36.0 Å². The highest BCUT2D eigenvalue weighted by Gasteiger charge is 2.11. The number of benzene rings is 1. The highest BCUT2D eigenvalue weighted by Crippen LogP contribution is 2.27. The lowest BCUT2D eigenvalue weighted by Crippen LogP contribution is -2.04. The summed E-state index contributed by atoms with van der Waals surface area (Å²) < 4.78 is 0. The molecule has 0 aromatic heterocycles. The van der Waals surface area contributed by atoms with E-state index in [0.29, 0.717) is 5.75 Å². The molecule has 1 heteroatoms. The van der Waals surface area contributed by atoms with Crippen LogP contribution in [0.2, 0.25) is 0 Å². The molecule has 64 valence electrons. The molecule has 0 bridgehead atoms. The molecule has 1 aromatic rings. The molecule has 0 atom stereocenters. The summed E-state index contributed by atoms with van der Waals surface area (Å²) in [5.41, 5.74) is 4.09. The van der Waals surface area contributed by atoms with E-state index in [2.05, 4.69) is 6.92 Å². The van der Waals surface area contributed by atoms with Gasteiger partial charge in [0.15, 0.2) is 0 Å². The van der Waals surface area contributed by atoms with Gasteiger partial charge in [-0.15, -0.1) is 0 Å². The van der Waals surface area contributed by atoms with Crippen molar-refractivity contribution in [2.24, 2.45) is 0 Å². The van der Waals surface area contributed by atoms with E-state index < -0.39 is 0 Å². The summed E-state index contributed by atoms with van der Waals surface area (Å²) in [5.74, 6) is 0.424. The summed E-state index contributed by atoms with van der Waals surface area (Å²) in [6.45, 7) is 2.09. The van der Waals surface area contributed by atoms with Gasteiger partial charge in [-0.3, -0.25) is 0 Å². The third kappa shape index (κ3) is 1.20. The highest BCUT2D eigenvalue weighted by molar-refractivity contribution is 5.42. The van der Waals surface area contributed by atoms with E-state index >= 15 is 0 Å². The maximum Gasteiger partial charge on any atom is 0.116 e. The third-order valence-electron chi connectivity index (χ3n) is 2.67. The Morgan fingerprint density at radius 2 is 1.92 bits per heavy atom. The summed E-state index contributed by atoms with van der Waals surface area (Å²) >= 11 is 0. The zero-order valence-electron chi connectivity index (χ0n) is 7.43. The lowest BCUT2D eigenvalue weighted by Gasteiger charge is -2.17. The van der Waals surface area contributed by atoms with Crippen molar-refractivity contribution in [3.05, 3.63) is 28.8 Å². The number of phenols is 1. The molecule has 1 aliphatic carbocycles. The van der Waals surface area contributed by atoms with Crippen LogP contribution in [0.5, 0.6) is 5.75 Å². The summed E-state index contributed by atoms with van der Waals surface area (Å²) in [6.07, 6.45) is 4.92. The molecule has 1 aliphatic rings. The largest absolute Gasteiger partial charge is 0.508 e. The number of aryl methyl sites for hydroxylation is 2. The van der Waals surface area contributed by atoms with Gasteiger partial charge in [-0.25, -0.2) is 0 Å². The Hall–Kier alpha value is -0.980. The van der Waals surface area contributed by atoms with Crippen molar-refractivity contribution in [2.45, 2.75) is 32.6 Å². The Labute approximate surface area is 73.0 Å². The minimum atomic E-state index is 0.424. The van der Waals surface area contributed by atoms with Crippen molar-refractivity contribution in [1.29, 1.82) is 0 Å². The Morgan fingerprint density at radius 3 is 2.75 bits per heavy atom. The second-order valence-corrected chi connectivity index (χ2v) is 3.61. The first-order chi connectivity index (χ1) is 5.77. The predicted molar refractivity (Wildman–Crippen MR) is 49.5 cm³/mol. The normalized spacial score (nSPS) is 15.8. The fourth-order valence-corrected chi connectivity index (χ4v) is 2.07. The molecule has 0 unspecified atom stereocenters. The second kappa shape index (κ2) is 2.81. The van der Waals surface area contributed by atoms with Gasteiger partial charge < -0.3 is 5.11 Å². The van der Waals surface area contributed by atoms with Gasteiger partial charge in [0.1, 0.15) is 5.75 Å². The lowest BCUT2D eigenvalue weighted by molar-refractivity contribution is 0.472. The van der Waals surface area contributed by atoms with Crippen LogP contribution >= 0.6 is 0 Å². The second-order valence-electron chi connectivity index (χ2n) is 3.61. The van der Waals surface area contributed by atoms with Crippen LogP contribution in [-0.2, 0) is 12.8 Å². The van der Waals surface area contributed by atoms with Gasteiger partial charge in [0.2, 0.25) is 0 Å². The van der Waals surface area contributed by atoms with Gasteiger partial charge in [-0.05, 0) is 61.4 Å². The fourth-order valence-electron chi connectivity index (χ4n) is 2.07. The summed E-state index contributed by atoms with van der Waals surface area (Å²) in [7, 11) is 0. The van der Waals surface area contributed by atoms with Crippen molar-refractivity contribution in [3.63, 3.8) is 0 Å². The monoisotopic (exact) mass is 162 g/mol. The van der Waals surface area contributed by atoms with E-state index in [1.807, 2.05) is 12.1 Å². The van der Waals surface area contributed by atoms with Crippen LogP contribution < -0.4 is 0 Å². The topological polar surface area (TPSA) is 20.2 Å². The fraction of sp³-hybridized carbons (Fsp3) is 0.455. The molecular weight excluding hydrogens is 148 g/mol. The number of phenolic OH excluding ortho intramolecular Hbond substituents is 1. The third-order valence-corrected chi connectivity index (χ3v) is 2.67. The molecule has 1 N–H and O–H groups in total. The minimum absolute atomic E-state index is 0.424. The Bertz CT molecular complexity index is 302. The predicted octanol–water partition coefficient (Wildman–Crippen LogP) is 2.58. The zero-order chi connectivity index (χ0) is 8.55. The van der Waals surface area contributed by atoms with Crippen LogP contribution in [0.15, 0.2) is 12.1 Å². The molecule has 0 amide bonds. The molecule has 0 saturated heterocycles. The molecule has 0 saturated carbocycles. The number of hydrogen-bond acceptors (Lipinski definition) is 1. The van der Waals surface area contributed by atoms with E-state index in [-0.39, 0.29) is 0 Å². The first kappa shape index (κ1) is 7.66. The number of hydrogen-bond donors (Lipinski definition) is 1. The minimum Gasteiger partial charge on any atom is -0.508 e. The standard InChI is InChI=1S/C11H14O/c1-8-6-10(12)7-9-4-2-3-5-11(8)9/h6-7,12H,2-5H2,1H3. The van der Waals surface area contributed by atoms with Gasteiger partial charge in [-0.2, -0.15) is 0 Å². The maximum absolute atomic E-state index is 9.37. The molecular formula is C11H14O. The number of rotatable bonds is 0. The Morgan fingerprint density at radius 1 is 1.17 bits per heavy atom. The molecule has 2 rings (SSSR count). The first-order valence-electron chi connectivity index (χ1n) is 4.59. The Kier molecular flexibility index (Phi) is 1.80. The van der Waals surface area contributed by atoms with Crippen LogP contribution in [0.25, 0.3) is 0 Å². The first-order valence-corrected chi connectivity index (χ1v) is 4.59. The average molecular weight is 162 g/mol. The van der Waals surface area contributed by atoms with E-state index in [1.54, 1.807) is 0 Å². The van der Waals surface area contributed by atoms with Crippen LogP contribution in [0.3, 0.4) is 0 Å². The Balaban J connectivity index is 2.53.